The van der Waals surface area contributed by atoms with Crippen LogP contribution in [0, 0.1) is 0 Å². The van der Waals surface area contributed by atoms with Crippen molar-refractivity contribution >= 4 is 39.9 Å². The van der Waals surface area contributed by atoms with Gasteiger partial charge in [0.05, 0.1) is 10.9 Å². The lowest BCUT2D eigenvalue weighted by Gasteiger charge is -2.35. The molecule has 9 heteroatoms. The summed E-state index contributed by atoms with van der Waals surface area (Å²) in [6.07, 6.45) is 0. The molecule has 1 fully saturated rings. The van der Waals surface area contributed by atoms with Gasteiger partial charge < -0.3 is 10.6 Å². The van der Waals surface area contributed by atoms with Crippen molar-refractivity contribution in [2.45, 2.75) is 10.9 Å². The highest BCUT2D eigenvalue weighted by atomic mass is 35.5. The van der Waals surface area contributed by atoms with E-state index < -0.39 is 10.0 Å². The van der Waals surface area contributed by atoms with E-state index in [-0.39, 0.29) is 29.3 Å². The van der Waals surface area contributed by atoms with Gasteiger partial charge >= 0.3 is 0 Å². The molecule has 2 N–H and O–H groups in total. The number of benzene rings is 2. The topological polar surface area (TPSA) is 78.5 Å². The molecule has 1 saturated heterocycles. The molecule has 1 aliphatic heterocycles. The van der Waals surface area contributed by atoms with Gasteiger partial charge in [0.1, 0.15) is 0 Å². The van der Waals surface area contributed by atoms with Crippen molar-refractivity contribution in [3.63, 3.8) is 0 Å². The maximum atomic E-state index is 13.2. The molecular weight excluding hydrogens is 409 g/mol. The molecule has 27 heavy (non-hydrogen) atoms. The van der Waals surface area contributed by atoms with Crippen LogP contribution in [-0.4, -0.2) is 45.3 Å². The molecule has 1 amide bonds. The molecular formula is C18H21Cl2N3O3S. The highest BCUT2D eigenvalue weighted by Gasteiger charge is 2.34. The minimum Gasteiger partial charge on any atom is -0.355 e. The quantitative estimate of drug-likeness (QED) is 0.781. The number of carbonyl (C=O) groups is 1. The van der Waals surface area contributed by atoms with E-state index in [1.54, 1.807) is 12.1 Å². The van der Waals surface area contributed by atoms with Gasteiger partial charge in [-0.1, -0.05) is 23.7 Å². The number of halogens is 2. The summed E-state index contributed by atoms with van der Waals surface area (Å²) in [7, 11) is -2.17. The van der Waals surface area contributed by atoms with Crippen LogP contribution in [0.3, 0.4) is 0 Å². The van der Waals surface area contributed by atoms with E-state index in [0.717, 1.165) is 5.56 Å². The Morgan fingerprint density at radius 2 is 1.93 bits per heavy atom. The molecule has 0 aliphatic carbocycles. The first-order chi connectivity index (χ1) is 12.4. The number of carbonyl (C=O) groups excluding carboxylic acids is 1. The van der Waals surface area contributed by atoms with Crippen molar-refractivity contribution < 1.29 is 13.2 Å². The minimum absolute atomic E-state index is 0. The average molecular weight is 430 g/mol. The Morgan fingerprint density at radius 1 is 1.22 bits per heavy atom. The maximum absolute atomic E-state index is 13.2. The van der Waals surface area contributed by atoms with E-state index in [9.17, 15) is 13.2 Å². The van der Waals surface area contributed by atoms with E-state index in [1.807, 2.05) is 12.1 Å². The second kappa shape index (κ2) is 9.03. The first kappa shape index (κ1) is 21.7. The Kier molecular flexibility index (Phi) is 7.25. The van der Waals surface area contributed by atoms with Crippen LogP contribution in [0.15, 0.2) is 53.4 Å². The molecule has 0 spiro atoms. The normalized spacial score (nSPS) is 17.8. The number of hydrogen-bond donors (Lipinski definition) is 2. The molecule has 1 aliphatic rings. The number of nitrogens with zero attached hydrogens (tertiary/aromatic N) is 1. The van der Waals surface area contributed by atoms with Gasteiger partial charge in [-0.2, -0.15) is 4.31 Å². The number of piperazine rings is 1. The molecule has 146 valence electrons. The summed E-state index contributed by atoms with van der Waals surface area (Å²) in [5.74, 6) is -0.257. The lowest BCUT2D eigenvalue weighted by molar-refractivity contribution is 0.0963. The van der Waals surface area contributed by atoms with Gasteiger partial charge in [-0.3, -0.25) is 4.79 Å². The zero-order valence-corrected chi connectivity index (χ0v) is 17.1. The van der Waals surface area contributed by atoms with Crippen LogP contribution in [0.2, 0.25) is 5.02 Å². The van der Waals surface area contributed by atoms with E-state index in [2.05, 4.69) is 10.6 Å². The van der Waals surface area contributed by atoms with Gasteiger partial charge in [0.15, 0.2) is 0 Å². The third-order valence-corrected chi connectivity index (χ3v) is 6.54. The Morgan fingerprint density at radius 3 is 2.56 bits per heavy atom. The summed E-state index contributed by atoms with van der Waals surface area (Å²) < 4.78 is 27.8. The highest BCUT2D eigenvalue weighted by Crippen LogP contribution is 2.30. The van der Waals surface area contributed by atoms with Crippen LogP contribution in [0.5, 0.6) is 0 Å². The second-order valence-electron chi connectivity index (χ2n) is 5.99. The zero-order valence-electron chi connectivity index (χ0n) is 14.7. The van der Waals surface area contributed by atoms with Crippen LogP contribution in [0.1, 0.15) is 22.0 Å². The van der Waals surface area contributed by atoms with Gasteiger partial charge in [0.25, 0.3) is 5.91 Å². The number of hydrogen-bond acceptors (Lipinski definition) is 4. The summed E-state index contributed by atoms with van der Waals surface area (Å²) in [4.78, 5) is 11.8. The van der Waals surface area contributed by atoms with Crippen molar-refractivity contribution in [3.05, 3.63) is 64.7 Å². The van der Waals surface area contributed by atoms with Gasteiger partial charge in [-0.15, -0.1) is 12.4 Å². The monoisotopic (exact) mass is 429 g/mol. The lowest BCUT2D eigenvalue weighted by atomic mass is 10.1. The standard InChI is InChI=1S/C18H20ClN3O3S.ClH/c1-20-18(23)13-5-7-16(8-6-13)26(24,25)22-10-9-21-12-17(22)14-3-2-4-15(19)11-14;/h2-8,11,17,21H,9-10,12H2,1H3,(H,20,23);1H. The molecule has 0 radical (unpaired) electrons. The highest BCUT2D eigenvalue weighted by molar-refractivity contribution is 7.89. The van der Waals surface area contributed by atoms with Crippen molar-refractivity contribution in [2.75, 3.05) is 26.7 Å². The third kappa shape index (κ3) is 4.62. The predicted molar refractivity (Wildman–Crippen MR) is 108 cm³/mol. The SMILES string of the molecule is CNC(=O)c1ccc(S(=O)(=O)N2CCNCC2c2cccc(Cl)c2)cc1.Cl. The summed E-state index contributed by atoms with van der Waals surface area (Å²) in [6.45, 7) is 1.44. The van der Waals surface area contributed by atoms with Gasteiger partial charge in [0.2, 0.25) is 10.0 Å². The molecule has 1 unspecified atom stereocenters. The van der Waals surface area contributed by atoms with Crippen LogP contribution in [-0.2, 0) is 10.0 Å². The average Bonchev–Trinajstić information content (AvgIpc) is 2.67. The second-order valence-corrected chi connectivity index (χ2v) is 8.32. The number of amides is 1. The number of rotatable bonds is 4. The van der Waals surface area contributed by atoms with Crippen LogP contribution < -0.4 is 10.6 Å². The first-order valence-corrected chi connectivity index (χ1v) is 10.1. The van der Waals surface area contributed by atoms with Crippen molar-refractivity contribution in [2.24, 2.45) is 0 Å². The fourth-order valence-electron chi connectivity index (χ4n) is 3.03. The zero-order chi connectivity index (χ0) is 18.7. The predicted octanol–water partition coefficient (Wildman–Crippen LogP) is 2.46. The molecule has 0 aromatic heterocycles. The summed E-state index contributed by atoms with van der Waals surface area (Å²) in [5, 5.41) is 6.32. The largest absolute Gasteiger partial charge is 0.355 e. The van der Waals surface area contributed by atoms with Crippen LogP contribution in [0.4, 0.5) is 0 Å². The third-order valence-electron chi connectivity index (χ3n) is 4.38. The van der Waals surface area contributed by atoms with E-state index in [0.29, 0.717) is 30.2 Å². The number of nitrogens with one attached hydrogen (secondary N) is 2. The molecule has 2 aromatic carbocycles. The molecule has 6 nitrogen and oxygen atoms in total. The molecule has 1 heterocycles. The Balaban J connectivity index is 0.00000261. The van der Waals surface area contributed by atoms with Crippen molar-refractivity contribution in [1.82, 2.24) is 14.9 Å². The van der Waals surface area contributed by atoms with Crippen molar-refractivity contribution in [1.29, 1.82) is 0 Å². The summed E-state index contributed by atoms with van der Waals surface area (Å²) >= 11 is 6.08. The van der Waals surface area contributed by atoms with Gasteiger partial charge in [-0.05, 0) is 42.0 Å². The van der Waals surface area contributed by atoms with E-state index in [4.69, 9.17) is 11.6 Å². The Bertz CT molecular complexity index is 904. The Labute approximate surface area is 170 Å². The van der Waals surface area contributed by atoms with Crippen LogP contribution in [0.25, 0.3) is 0 Å². The number of sulfonamides is 1. The van der Waals surface area contributed by atoms with E-state index in [1.165, 1.54) is 35.6 Å². The molecule has 3 rings (SSSR count). The van der Waals surface area contributed by atoms with Crippen LogP contribution >= 0.6 is 24.0 Å². The molecule has 0 saturated carbocycles. The summed E-state index contributed by atoms with van der Waals surface area (Å²) in [5.41, 5.74) is 1.26. The smallest absolute Gasteiger partial charge is 0.251 e. The van der Waals surface area contributed by atoms with Gasteiger partial charge in [-0.25, -0.2) is 8.42 Å². The first-order valence-electron chi connectivity index (χ1n) is 8.23. The molecule has 2 aromatic rings. The minimum atomic E-state index is -3.70. The lowest BCUT2D eigenvalue weighted by Crippen LogP contribution is -2.48. The van der Waals surface area contributed by atoms with Crippen molar-refractivity contribution in [3.8, 4) is 0 Å². The van der Waals surface area contributed by atoms with E-state index >= 15 is 0 Å². The Hall–Kier alpha value is -1.64. The molecule has 1 atom stereocenters. The van der Waals surface area contributed by atoms with Gasteiger partial charge in [0, 0.05) is 37.3 Å². The summed E-state index contributed by atoms with van der Waals surface area (Å²) in [6, 6.07) is 12.9. The fraction of sp³-hybridized carbons (Fsp3) is 0.278. The molecule has 0 bridgehead atoms. The fourth-order valence-corrected chi connectivity index (χ4v) is 4.84. The maximum Gasteiger partial charge on any atom is 0.251 e.